The molecule has 0 N–H and O–H groups in total. The Bertz CT molecular complexity index is 11.6. The molecule has 0 rings (SSSR count). The van der Waals surface area contributed by atoms with Crippen molar-refractivity contribution in [1.82, 2.24) is 0 Å². The van der Waals surface area contributed by atoms with E-state index in [0.717, 1.165) is 0 Å². The summed E-state index contributed by atoms with van der Waals surface area (Å²) in [7, 11) is 0. The smallest absolute Gasteiger partial charge is 0 e. The molecule has 1 radical (unpaired) electrons. The van der Waals surface area contributed by atoms with Gasteiger partial charge in [0.15, 0.2) is 17.4 Å². The SMILES string of the molecule is [AlH3].[Ce].[La].[Ti].[Zr]. The Hall–Kier alpha value is 4.70. The molecule has 5 heavy (non-hydrogen) atoms. The Kier molecular flexibility index (Phi) is 155. The van der Waals surface area contributed by atoms with Gasteiger partial charge in [-0.05, 0) is 0 Å². The van der Waals surface area contributed by atoms with Gasteiger partial charge >= 0.3 is 0 Å². The molecule has 0 amide bonds. The predicted molar refractivity (Wildman–Crippen MR) is 9.94 cm³/mol. The third-order valence-corrected chi connectivity index (χ3v) is 0. The van der Waals surface area contributed by atoms with Gasteiger partial charge in [-0.25, -0.2) is 0 Å². The molecule has 21 valence electrons. The van der Waals surface area contributed by atoms with E-state index >= 15 is 0 Å². The monoisotopic (exact) mass is 447 g/mol. The fourth-order valence-electron chi connectivity index (χ4n) is 0. The number of rotatable bonds is 0. The van der Waals surface area contributed by atoms with Crippen molar-refractivity contribution in [3.05, 3.63) is 0 Å². The molecule has 0 saturated heterocycles. The topological polar surface area (TPSA) is 0 Å². The quantitative estimate of drug-likeness (QED) is 0.410. The van der Waals surface area contributed by atoms with Crippen molar-refractivity contribution < 1.29 is 125 Å². The molecule has 5 heteroatoms. The molecular weight excluding hydrogens is 445 g/mol. The molecule has 0 nitrogen and oxygen atoms in total. The zero-order chi connectivity index (χ0) is 0. The molecule has 0 aliphatic rings. The van der Waals surface area contributed by atoms with Gasteiger partial charge in [-0.1, -0.05) is 0 Å². The molecular formula is H3AlCeLaTiZr. The van der Waals surface area contributed by atoms with E-state index < -0.39 is 0 Å². The molecule has 0 saturated carbocycles. The van der Waals surface area contributed by atoms with Gasteiger partial charge in [0.25, 0.3) is 0 Å². The Morgan fingerprint density at radius 2 is 1.00 bits per heavy atom. The first-order valence-corrected chi connectivity index (χ1v) is 0. The molecule has 0 aromatic carbocycles. The van der Waals surface area contributed by atoms with Crippen LogP contribution in [0.3, 0.4) is 0 Å². The number of hydrogen-bond donors (Lipinski definition) is 0. The van der Waals surface area contributed by atoms with Gasteiger partial charge in [0.05, 0.1) is 0 Å². The van der Waals surface area contributed by atoms with Gasteiger partial charge in [0.1, 0.15) is 0 Å². The molecule has 0 bridgehead atoms. The van der Waals surface area contributed by atoms with Crippen LogP contribution >= 0.6 is 0 Å². The van der Waals surface area contributed by atoms with Crippen LogP contribution < -0.4 is 0 Å². The largest absolute Gasteiger partial charge is 0.187 e. The predicted octanol–water partition coefficient (Wildman–Crippen LogP) is -1.19. The van der Waals surface area contributed by atoms with E-state index in [2.05, 4.69) is 0 Å². The van der Waals surface area contributed by atoms with Crippen molar-refractivity contribution in [2.45, 2.75) is 0 Å². The Labute approximate surface area is 138 Å². The van der Waals surface area contributed by atoms with Crippen molar-refractivity contribution in [3.63, 3.8) is 0 Å². The zero-order valence-corrected chi connectivity index (χ0v) is 12.9. The standard InChI is InChI=1S/Al.Ce.La.Ti.Zr.3H. The molecule has 0 fully saturated rings. The van der Waals surface area contributed by atoms with Crippen molar-refractivity contribution in [2.24, 2.45) is 0 Å². The molecule has 0 aliphatic heterocycles. The van der Waals surface area contributed by atoms with Gasteiger partial charge in [-0.2, -0.15) is 0 Å². The first kappa shape index (κ1) is 33.2. The molecule has 0 aliphatic carbocycles. The number of hydrogen-bond acceptors (Lipinski definition) is 0. The molecule has 0 atom stereocenters. The van der Waals surface area contributed by atoms with Crippen molar-refractivity contribution >= 4 is 17.4 Å². The summed E-state index contributed by atoms with van der Waals surface area (Å²) in [5.74, 6) is 0. The van der Waals surface area contributed by atoms with Crippen LogP contribution in [0.1, 0.15) is 0 Å². The van der Waals surface area contributed by atoms with Crippen LogP contribution in [-0.4, -0.2) is 17.4 Å². The van der Waals surface area contributed by atoms with Crippen LogP contribution in [0.15, 0.2) is 0 Å². The van der Waals surface area contributed by atoms with Crippen LogP contribution in [0, 0.1) is 77.3 Å². The average molecular weight is 448 g/mol. The summed E-state index contributed by atoms with van der Waals surface area (Å²) in [4.78, 5) is 0. The van der Waals surface area contributed by atoms with Crippen LogP contribution in [0.25, 0.3) is 0 Å². The van der Waals surface area contributed by atoms with Gasteiger partial charge in [0, 0.05) is 125 Å². The van der Waals surface area contributed by atoms with Crippen molar-refractivity contribution in [2.75, 3.05) is 0 Å². The molecule has 0 aromatic rings. The maximum atomic E-state index is 0. The average Bonchev–Trinajstić information content (AvgIpc) is 0. The summed E-state index contributed by atoms with van der Waals surface area (Å²) in [5, 5.41) is 0. The van der Waals surface area contributed by atoms with E-state index in [1.54, 1.807) is 0 Å². The normalized spacial score (nSPS) is 0. The van der Waals surface area contributed by atoms with Gasteiger partial charge < -0.3 is 0 Å². The Morgan fingerprint density at radius 1 is 1.00 bits per heavy atom. The van der Waals surface area contributed by atoms with E-state index in [9.17, 15) is 0 Å². The van der Waals surface area contributed by atoms with Gasteiger partial charge in [-0.3, -0.25) is 0 Å². The third-order valence-electron chi connectivity index (χ3n) is 0. The summed E-state index contributed by atoms with van der Waals surface area (Å²) in [5.41, 5.74) is 0. The van der Waals surface area contributed by atoms with E-state index in [4.69, 9.17) is 0 Å². The Balaban J connectivity index is 0. The minimum atomic E-state index is 0. The van der Waals surface area contributed by atoms with E-state index in [0.29, 0.717) is 0 Å². The molecule has 0 spiro atoms. The summed E-state index contributed by atoms with van der Waals surface area (Å²) < 4.78 is 0. The van der Waals surface area contributed by atoms with Gasteiger partial charge in [-0.15, -0.1) is 0 Å². The second kappa shape index (κ2) is 23.3. The van der Waals surface area contributed by atoms with Gasteiger partial charge in [0.2, 0.25) is 0 Å². The van der Waals surface area contributed by atoms with Crippen molar-refractivity contribution in [3.8, 4) is 0 Å². The van der Waals surface area contributed by atoms with E-state index in [-0.39, 0.29) is 143 Å². The van der Waals surface area contributed by atoms with Crippen LogP contribution in [-0.2, 0) is 47.9 Å². The minimum Gasteiger partial charge on any atom is 0 e. The van der Waals surface area contributed by atoms with Crippen molar-refractivity contribution in [1.29, 1.82) is 0 Å². The van der Waals surface area contributed by atoms with Crippen LogP contribution in [0.2, 0.25) is 0 Å². The van der Waals surface area contributed by atoms with Crippen LogP contribution in [0.5, 0.6) is 0 Å². The summed E-state index contributed by atoms with van der Waals surface area (Å²) in [6.45, 7) is 0. The van der Waals surface area contributed by atoms with Crippen LogP contribution in [0.4, 0.5) is 0 Å². The second-order valence-electron chi connectivity index (χ2n) is 0. The summed E-state index contributed by atoms with van der Waals surface area (Å²) >= 11 is 0. The molecule has 0 heterocycles. The molecule has 0 unspecified atom stereocenters. The summed E-state index contributed by atoms with van der Waals surface area (Å²) in [6.07, 6.45) is 0. The third kappa shape index (κ3) is 17.7. The first-order chi connectivity index (χ1) is 0. The zero-order valence-electron chi connectivity index (χ0n) is 2.08. The maximum Gasteiger partial charge on any atom is 0.187 e. The molecule has 0 aromatic heterocycles. The second-order valence-corrected chi connectivity index (χ2v) is 0. The fourth-order valence-corrected chi connectivity index (χ4v) is 0. The Morgan fingerprint density at radius 3 is 1.00 bits per heavy atom. The maximum absolute atomic E-state index is 0. The van der Waals surface area contributed by atoms with E-state index in [1.807, 2.05) is 0 Å². The minimum absolute atomic E-state index is 0. The fraction of sp³-hybridized carbons (Fsp3) is 0. The summed E-state index contributed by atoms with van der Waals surface area (Å²) in [6, 6.07) is 0. The first-order valence-electron chi connectivity index (χ1n) is 0. The van der Waals surface area contributed by atoms with E-state index in [1.165, 1.54) is 0 Å².